The van der Waals surface area contributed by atoms with E-state index in [1.54, 1.807) is 41.3 Å². The highest BCUT2D eigenvalue weighted by Crippen LogP contribution is 2.32. The predicted octanol–water partition coefficient (Wildman–Crippen LogP) is 4.32. The van der Waals surface area contributed by atoms with Gasteiger partial charge in [-0.2, -0.15) is 0 Å². The first-order chi connectivity index (χ1) is 17.7. The summed E-state index contributed by atoms with van der Waals surface area (Å²) in [6, 6.07) is 17.2. The number of amides is 2. The molecule has 3 aromatic carbocycles. The highest BCUT2D eigenvalue weighted by atomic mass is 35.5. The molecule has 1 heterocycles. The van der Waals surface area contributed by atoms with Crippen LogP contribution in [-0.2, 0) is 19.6 Å². The summed E-state index contributed by atoms with van der Waals surface area (Å²) in [6.45, 7) is 0.166. The number of hydrogen-bond acceptors (Lipinski definition) is 6. The quantitative estimate of drug-likeness (QED) is 0.431. The summed E-state index contributed by atoms with van der Waals surface area (Å²) < 4.78 is 38.8. The second-order valence-electron chi connectivity index (χ2n) is 8.25. The fourth-order valence-electron chi connectivity index (χ4n) is 4.00. The van der Waals surface area contributed by atoms with E-state index in [4.69, 9.17) is 21.1 Å². The third-order valence-corrected chi connectivity index (χ3v) is 7.90. The van der Waals surface area contributed by atoms with Crippen LogP contribution >= 0.6 is 11.6 Å². The first kappa shape index (κ1) is 26.3. The molecule has 0 spiro atoms. The fourth-order valence-corrected chi connectivity index (χ4v) is 5.57. The average Bonchev–Trinajstić information content (AvgIpc) is 3.33. The van der Waals surface area contributed by atoms with Gasteiger partial charge in [0.1, 0.15) is 6.54 Å². The minimum atomic E-state index is -4.19. The molecular formula is C26H26ClN3O6S. The number of methoxy groups -OCH3 is 2. The van der Waals surface area contributed by atoms with Crippen molar-refractivity contribution in [2.24, 2.45) is 0 Å². The van der Waals surface area contributed by atoms with Crippen LogP contribution in [0.5, 0.6) is 11.5 Å². The molecule has 1 fully saturated rings. The van der Waals surface area contributed by atoms with E-state index >= 15 is 0 Å². The van der Waals surface area contributed by atoms with Crippen LogP contribution in [-0.4, -0.2) is 47.5 Å². The molecule has 1 saturated heterocycles. The SMILES string of the molecule is COc1ccc(S(=O)(=O)N(CC(=O)Nc2ccc(N3CCCC3=O)cc2)c2ccc(Cl)cc2)cc1OC. The lowest BCUT2D eigenvalue weighted by Crippen LogP contribution is -2.38. The summed E-state index contributed by atoms with van der Waals surface area (Å²) in [6.07, 6.45) is 1.33. The number of sulfonamides is 1. The van der Waals surface area contributed by atoms with Gasteiger partial charge in [0.2, 0.25) is 11.8 Å². The van der Waals surface area contributed by atoms with E-state index in [1.165, 1.54) is 44.6 Å². The van der Waals surface area contributed by atoms with Crippen molar-refractivity contribution in [2.75, 3.05) is 41.8 Å². The van der Waals surface area contributed by atoms with E-state index in [9.17, 15) is 18.0 Å². The monoisotopic (exact) mass is 543 g/mol. The molecule has 1 aliphatic rings. The Hall–Kier alpha value is -3.76. The number of carbonyl (C=O) groups is 2. The van der Waals surface area contributed by atoms with Gasteiger partial charge in [-0.25, -0.2) is 8.42 Å². The van der Waals surface area contributed by atoms with E-state index in [1.807, 2.05) is 0 Å². The van der Waals surface area contributed by atoms with E-state index in [0.717, 1.165) is 16.4 Å². The third kappa shape index (κ3) is 5.81. The van der Waals surface area contributed by atoms with Crippen LogP contribution in [0.2, 0.25) is 5.02 Å². The van der Waals surface area contributed by atoms with Gasteiger partial charge in [-0.1, -0.05) is 11.6 Å². The normalized spacial score (nSPS) is 13.4. The standard InChI is InChI=1S/C26H26ClN3O6S/c1-35-23-14-13-22(16-24(23)36-2)37(33,34)30(21-9-5-18(27)6-10-21)17-25(31)28-19-7-11-20(12-8-19)29-15-3-4-26(29)32/h5-14,16H,3-4,15,17H2,1-2H3,(H,28,31). The maximum Gasteiger partial charge on any atom is 0.264 e. The second kappa shape index (κ2) is 11.1. The number of halogens is 1. The van der Waals surface area contributed by atoms with Crippen molar-refractivity contribution in [1.82, 2.24) is 0 Å². The van der Waals surface area contributed by atoms with Crippen LogP contribution in [0.1, 0.15) is 12.8 Å². The minimum absolute atomic E-state index is 0.0655. The molecule has 0 aromatic heterocycles. The number of ether oxygens (including phenoxy) is 2. The molecule has 0 aliphatic carbocycles. The molecule has 0 atom stereocenters. The Kier molecular flexibility index (Phi) is 7.89. The molecule has 11 heteroatoms. The van der Waals surface area contributed by atoms with Gasteiger partial charge < -0.3 is 19.7 Å². The first-order valence-electron chi connectivity index (χ1n) is 11.4. The number of nitrogens with zero attached hydrogens (tertiary/aromatic N) is 2. The fraction of sp³-hybridized carbons (Fsp3) is 0.231. The second-order valence-corrected chi connectivity index (χ2v) is 10.5. The van der Waals surface area contributed by atoms with Crippen molar-refractivity contribution in [2.45, 2.75) is 17.7 Å². The van der Waals surface area contributed by atoms with Crippen molar-refractivity contribution in [3.63, 3.8) is 0 Å². The molecule has 0 bridgehead atoms. The lowest BCUT2D eigenvalue weighted by atomic mass is 10.2. The van der Waals surface area contributed by atoms with E-state index in [2.05, 4.69) is 5.32 Å². The van der Waals surface area contributed by atoms with Crippen LogP contribution in [0.4, 0.5) is 17.1 Å². The lowest BCUT2D eigenvalue weighted by molar-refractivity contribution is -0.117. The van der Waals surface area contributed by atoms with Gasteiger partial charge in [-0.15, -0.1) is 0 Å². The van der Waals surface area contributed by atoms with Gasteiger partial charge in [0, 0.05) is 35.4 Å². The zero-order valence-electron chi connectivity index (χ0n) is 20.3. The van der Waals surface area contributed by atoms with Crippen molar-refractivity contribution in [1.29, 1.82) is 0 Å². The van der Waals surface area contributed by atoms with Gasteiger partial charge in [-0.3, -0.25) is 13.9 Å². The Bertz CT molecular complexity index is 1390. The molecule has 3 aromatic rings. The van der Waals surface area contributed by atoms with Crippen LogP contribution in [0, 0.1) is 0 Å². The van der Waals surface area contributed by atoms with Crippen LogP contribution in [0.15, 0.2) is 71.6 Å². The topological polar surface area (TPSA) is 105 Å². The van der Waals surface area contributed by atoms with Crippen LogP contribution in [0.25, 0.3) is 0 Å². The van der Waals surface area contributed by atoms with Gasteiger partial charge >= 0.3 is 0 Å². The zero-order chi connectivity index (χ0) is 26.6. The number of anilines is 3. The molecule has 37 heavy (non-hydrogen) atoms. The molecule has 9 nitrogen and oxygen atoms in total. The smallest absolute Gasteiger partial charge is 0.264 e. The summed E-state index contributed by atoms with van der Waals surface area (Å²) >= 11 is 6.00. The van der Waals surface area contributed by atoms with Crippen LogP contribution < -0.4 is 24.0 Å². The number of benzene rings is 3. The highest BCUT2D eigenvalue weighted by molar-refractivity contribution is 7.92. The maximum absolute atomic E-state index is 13.7. The summed E-state index contributed by atoms with van der Waals surface area (Å²) in [5.74, 6) is 0.122. The zero-order valence-corrected chi connectivity index (χ0v) is 21.9. The number of nitrogens with one attached hydrogen (secondary N) is 1. The van der Waals surface area contributed by atoms with Crippen LogP contribution in [0.3, 0.4) is 0 Å². The Balaban J connectivity index is 1.59. The highest BCUT2D eigenvalue weighted by Gasteiger charge is 2.28. The predicted molar refractivity (Wildman–Crippen MR) is 142 cm³/mol. The van der Waals surface area contributed by atoms with Crippen molar-refractivity contribution < 1.29 is 27.5 Å². The third-order valence-electron chi connectivity index (χ3n) is 5.88. The Morgan fingerprint density at radius 2 is 1.68 bits per heavy atom. The van der Waals surface area contributed by atoms with E-state index in [0.29, 0.717) is 29.4 Å². The molecule has 194 valence electrons. The van der Waals surface area contributed by atoms with E-state index < -0.39 is 22.5 Å². The Labute approximate surface area is 220 Å². The molecule has 4 rings (SSSR count). The molecule has 1 N–H and O–H groups in total. The van der Waals surface area contributed by atoms with Crippen molar-refractivity contribution in [3.05, 3.63) is 71.8 Å². The molecule has 0 saturated carbocycles. The number of hydrogen-bond donors (Lipinski definition) is 1. The van der Waals surface area contributed by atoms with Gasteiger partial charge in [0.05, 0.1) is 24.8 Å². The van der Waals surface area contributed by atoms with E-state index in [-0.39, 0.29) is 22.2 Å². The van der Waals surface area contributed by atoms with Gasteiger partial charge in [-0.05, 0) is 67.1 Å². The largest absolute Gasteiger partial charge is 0.493 e. The van der Waals surface area contributed by atoms with Crippen molar-refractivity contribution >= 4 is 50.5 Å². The minimum Gasteiger partial charge on any atom is -0.493 e. The first-order valence-corrected chi connectivity index (χ1v) is 13.3. The number of rotatable bonds is 9. The van der Waals surface area contributed by atoms with Gasteiger partial charge in [0.25, 0.3) is 10.0 Å². The molecule has 0 radical (unpaired) electrons. The summed E-state index contributed by atoms with van der Waals surface area (Å²) in [5.41, 5.74) is 1.48. The molecule has 2 amide bonds. The lowest BCUT2D eigenvalue weighted by Gasteiger charge is -2.24. The summed E-state index contributed by atoms with van der Waals surface area (Å²) in [7, 11) is -1.33. The maximum atomic E-state index is 13.7. The van der Waals surface area contributed by atoms with Gasteiger partial charge in [0.15, 0.2) is 11.5 Å². The average molecular weight is 544 g/mol. The Morgan fingerprint density at radius 1 is 1.00 bits per heavy atom. The van der Waals surface area contributed by atoms with Crippen molar-refractivity contribution in [3.8, 4) is 11.5 Å². The molecule has 1 aliphatic heterocycles. The summed E-state index contributed by atoms with van der Waals surface area (Å²) in [4.78, 5) is 26.6. The number of carbonyl (C=O) groups excluding carboxylic acids is 2. The molecule has 0 unspecified atom stereocenters. The molecular weight excluding hydrogens is 518 g/mol. The summed E-state index contributed by atoms with van der Waals surface area (Å²) in [5, 5.41) is 3.15. The Morgan fingerprint density at radius 3 is 2.27 bits per heavy atom.